The number of carbonyl (C=O) groups excluding carboxylic acids is 1. The van der Waals surface area contributed by atoms with Gasteiger partial charge in [0.25, 0.3) is 0 Å². The lowest BCUT2D eigenvalue weighted by atomic mass is 9.74. The van der Waals surface area contributed by atoms with E-state index < -0.39 is 35.1 Å². The van der Waals surface area contributed by atoms with Crippen LogP contribution in [0.2, 0.25) is 0 Å². The molecule has 0 spiro atoms. The van der Waals surface area contributed by atoms with E-state index in [0.29, 0.717) is 41.5 Å². The molecule has 0 N–H and O–H groups in total. The summed E-state index contributed by atoms with van der Waals surface area (Å²) in [4.78, 5) is 22.2. The Bertz CT molecular complexity index is 961. The topological polar surface area (TPSA) is 60.2 Å². The second-order valence-electron chi connectivity index (χ2n) is 8.32. The predicted molar refractivity (Wildman–Crippen MR) is 112 cm³/mol. The maximum Gasteiger partial charge on any atom is 0.416 e. The first-order chi connectivity index (χ1) is 14.5. The Kier molecular flexibility index (Phi) is 6.30. The third-order valence-electron chi connectivity index (χ3n) is 5.36. The van der Waals surface area contributed by atoms with Gasteiger partial charge in [0.15, 0.2) is 0 Å². The number of halogens is 3. The summed E-state index contributed by atoms with van der Waals surface area (Å²) in [6.45, 7) is 9.61. The molecule has 8 heteroatoms. The number of carbonyl (C=O) groups is 1. The van der Waals surface area contributed by atoms with E-state index in [-0.39, 0.29) is 6.61 Å². The van der Waals surface area contributed by atoms with Crippen molar-refractivity contribution in [2.45, 2.75) is 58.7 Å². The Morgan fingerprint density at radius 3 is 2.55 bits per heavy atom. The number of ether oxygens (including phenoxy) is 2. The minimum atomic E-state index is -4.51. The maximum atomic E-state index is 13.5. The number of allylic oxidation sites excluding steroid dienone is 1. The molecular formula is C23H27F3N2O3. The van der Waals surface area contributed by atoms with Crippen molar-refractivity contribution in [2.75, 3.05) is 13.2 Å². The summed E-state index contributed by atoms with van der Waals surface area (Å²) in [6, 6.07) is 5.05. The van der Waals surface area contributed by atoms with Crippen LogP contribution in [0.5, 0.6) is 0 Å². The Hall–Kier alpha value is -2.64. The molecule has 0 bridgehead atoms. The van der Waals surface area contributed by atoms with Gasteiger partial charge in [0.2, 0.25) is 5.90 Å². The minimum absolute atomic E-state index is 0.155. The van der Waals surface area contributed by atoms with E-state index in [4.69, 9.17) is 9.47 Å². The quantitative estimate of drug-likeness (QED) is 0.588. The van der Waals surface area contributed by atoms with Gasteiger partial charge in [0.1, 0.15) is 12.5 Å². The van der Waals surface area contributed by atoms with Gasteiger partial charge >= 0.3 is 12.1 Å². The van der Waals surface area contributed by atoms with Gasteiger partial charge in [0.05, 0.1) is 17.7 Å². The Balaban J connectivity index is 2.25. The van der Waals surface area contributed by atoms with Crippen LogP contribution >= 0.6 is 0 Å². The summed E-state index contributed by atoms with van der Waals surface area (Å²) >= 11 is 0. The molecule has 31 heavy (non-hydrogen) atoms. The first-order valence-electron chi connectivity index (χ1n) is 10.3. The van der Waals surface area contributed by atoms with E-state index in [9.17, 15) is 18.0 Å². The fourth-order valence-electron chi connectivity index (χ4n) is 3.98. The van der Waals surface area contributed by atoms with Crippen molar-refractivity contribution >= 4 is 17.6 Å². The predicted octanol–water partition coefficient (Wildman–Crippen LogP) is 5.31. The highest BCUT2D eigenvalue weighted by atomic mass is 19.4. The van der Waals surface area contributed by atoms with Crippen molar-refractivity contribution in [3.8, 4) is 0 Å². The first kappa shape index (κ1) is 23.0. The van der Waals surface area contributed by atoms with Gasteiger partial charge < -0.3 is 9.47 Å². The van der Waals surface area contributed by atoms with Crippen LogP contribution < -0.4 is 0 Å². The standard InChI is InChI=1S/C23H27F3N2O3/c1-6-16-19(20-28-22(4,5)12-31-20)18(17(13(3)27-16)21(29)30-7-2)14-9-8-10-15(11-14)23(24,25)26/h8-11,17-18H,6-7,12H2,1-5H3. The molecule has 1 aromatic rings. The van der Waals surface area contributed by atoms with Crippen LogP contribution in [0.3, 0.4) is 0 Å². The van der Waals surface area contributed by atoms with E-state index in [1.807, 2.05) is 20.8 Å². The number of nitrogens with zero attached hydrogens (tertiary/aromatic N) is 2. The van der Waals surface area contributed by atoms with Crippen LogP contribution in [0, 0.1) is 5.92 Å². The average molecular weight is 436 g/mol. The SMILES string of the molecule is CCOC(=O)C1C(C)=NC(CC)=C(C2=NC(C)(C)CO2)C1c1cccc(C(F)(F)F)c1. The number of hydrogen-bond acceptors (Lipinski definition) is 5. The molecule has 2 unspecified atom stereocenters. The third-order valence-corrected chi connectivity index (χ3v) is 5.36. The van der Waals surface area contributed by atoms with Crippen LogP contribution in [-0.2, 0) is 20.4 Å². The van der Waals surface area contributed by atoms with Crippen molar-refractivity contribution in [2.24, 2.45) is 15.9 Å². The van der Waals surface area contributed by atoms with Gasteiger partial charge in [-0.25, -0.2) is 4.99 Å². The lowest BCUT2D eigenvalue weighted by molar-refractivity contribution is -0.146. The summed E-state index contributed by atoms with van der Waals surface area (Å²) in [5, 5.41) is 0. The number of aliphatic imine (C=N–C) groups is 2. The van der Waals surface area contributed by atoms with E-state index in [2.05, 4.69) is 9.98 Å². The molecule has 3 rings (SSSR count). The van der Waals surface area contributed by atoms with E-state index in [1.54, 1.807) is 19.9 Å². The highest BCUT2D eigenvalue weighted by Gasteiger charge is 2.44. The molecule has 0 saturated heterocycles. The molecular weight excluding hydrogens is 409 g/mol. The monoisotopic (exact) mass is 436 g/mol. The van der Waals surface area contributed by atoms with E-state index in [0.717, 1.165) is 12.1 Å². The second kappa shape index (κ2) is 8.48. The molecule has 168 valence electrons. The van der Waals surface area contributed by atoms with Crippen molar-refractivity contribution in [1.82, 2.24) is 0 Å². The summed E-state index contributed by atoms with van der Waals surface area (Å²) in [6.07, 6.45) is -3.99. The zero-order valence-electron chi connectivity index (χ0n) is 18.3. The molecule has 0 radical (unpaired) electrons. The number of esters is 1. The molecule has 0 aromatic heterocycles. The van der Waals surface area contributed by atoms with Crippen molar-refractivity contribution in [1.29, 1.82) is 0 Å². The Morgan fingerprint density at radius 1 is 1.29 bits per heavy atom. The average Bonchev–Trinajstić information content (AvgIpc) is 3.05. The summed E-state index contributed by atoms with van der Waals surface area (Å²) < 4.78 is 51.5. The lowest BCUT2D eigenvalue weighted by Gasteiger charge is -2.33. The first-order valence-corrected chi connectivity index (χ1v) is 10.3. The van der Waals surface area contributed by atoms with Gasteiger partial charge in [-0.15, -0.1) is 0 Å². The molecule has 0 aliphatic carbocycles. The van der Waals surface area contributed by atoms with Crippen LogP contribution in [0.1, 0.15) is 58.1 Å². The molecule has 0 amide bonds. The highest BCUT2D eigenvalue weighted by molar-refractivity contribution is 6.08. The number of rotatable bonds is 5. The van der Waals surface area contributed by atoms with Crippen LogP contribution in [0.15, 0.2) is 45.5 Å². The van der Waals surface area contributed by atoms with Gasteiger partial charge in [-0.1, -0.05) is 25.1 Å². The normalized spacial score (nSPS) is 23.2. The van der Waals surface area contributed by atoms with Gasteiger partial charge in [-0.2, -0.15) is 13.2 Å². The molecule has 2 heterocycles. The molecule has 2 atom stereocenters. The van der Waals surface area contributed by atoms with Crippen molar-refractivity contribution in [3.63, 3.8) is 0 Å². The smallest absolute Gasteiger partial charge is 0.416 e. The van der Waals surface area contributed by atoms with E-state index in [1.165, 1.54) is 6.07 Å². The highest BCUT2D eigenvalue weighted by Crippen LogP contribution is 2.44. The Morgan fingerprint density at radius 2 is 2.00 bits per heavy atom. The molecule has 2 aliphatic heterocycles. The maximum absolute atomic E-state index is 13.5. The number of benzene rings is 1. The zero-order valence-corrected chi connectivity index (χ0v) is 18.3. The van der Waals surface area contributed by atoms with E-state index >= 15 is 0 Å². The summed E-state index contributed by atoms with van der Waals surface area (Å²) in [5.41, 5.74) is 0.793. The molecule has 2 aliphatic rings. The van der Waals surface area contributed by atoms with Crippen molar-refractivity contribution < 1.29 is 27.4 Å². The van der Waals surface area contributed by atoms with Gasteiger partial charge in [0, 0.05) is 22.9 Å². The van der Waals surface area contributed by atoms with Crippen molar-refractivity contribution in [3.05, 3.63) is 46.7 Å². The summed E-state index contributed by atoms with van der Waals surface area (Å²) in [7, 11) is 0. The van der Waals surface area contributed by atoms with Crippen LogP contribution in [-0.4, -0.2) is 36.3 Å². The van der Waals surface area contributed by atoms with Crippen LogP contribution in [0.4, 0.5) is 13.2 Å². The largest absolute Gasteiger partial charge is 0.475 e. The number of hydrogen-bond donors (Lipinski definition) is 0. The molecule has 5 nitrogen and oxygen atoms in total. The fourth-order valence-corrected chi connectivity index (χ4v) is 3.98. The third kappa shape index (κ3) is 4.67. The molecule has 0 fully saturated rings. The Labute approximate surface area is 180 Å². The number of alkyl halides is 3. The van der Waals surface area contributed by atoms with Crippen LogP contribution in [0.25, 0.3) is 0 Å². The molecule has 1 aromatic carbocycles. The van der Waals surface area contributed by atoms with Gasteiger partial charge in [-0.3, -0.25) is 9.79 Å². The fraction of sp³-hybridized carbons (Fsp3) is 0.522. The minimum Gasteiger partial charge on any atom is -0.475 e. The lowest BCUT2D eigenvalue weighted by Crippen LogP contribution is -2.36. The second-order valence-corrected chi connectivity index (χ2v) is 8.32. The molecule has 0 saturated carbocycles. The summed E-state index contributed by atoms with van der Waals surface area (Å²) in [5.74, 6) is -1.82. The van der Waals surface area contributed by atoms with Gasteiger partial charge in [-0.05, 0) is 45.7 Å². The zero-order chi connectivity index (χ0) is 23.0.